The number of amides is 1. The van der Waals surface area contributed by atoms with Crippen LogP contribution in [0.1, 0.15) is 39.8 Å². The number of nitrogens with zero attached hydrogens (tertiary/aromatic N) is 4. The van der Waals surface area contributed by atoms with Gasteiger partial charge in [0.1, 0.15) is 18.1 Å². The maximum Gasteiger partial charge on any atom is 0.266 e. The third-order valence-corrected chi connectivity index (χ3v) is 6.35. The number of ether oxygens (including phenoxy) is 2. The lowest BCUT2D eigenvalue weighted by Gasteiger charge is -2.26. The molecule has 7 nitrogen and oxygen atoms in total. The Kier molecular flexibility index (Phi) is 4.63. The van der Waals surface area contributed by atoms with Crippen LogP contribution >= 0.6 is 11.3 Å². The second-order valence-electron chi connectivity index (χ2n) is 7.07. The Balaban J connectivity index is 1.43. The zero-order valence-electron chi connectivity index (χ0n) is 16.0. The maximum absolute atomic E-state index is 13.4. The molecule has 0 spiro atoms. The lowest BCUT2D eigenvalue weighted by Crippen LogP contribution is -2.30. The van der Waals surface area contributed by atoms with Crippen molar-refractivity contribution in [3.8, 4) is 22.3 Å². The Morgan fingerprint density at radius 2 is 1.97 bits per heavy atom. The summed E-state index contributed by atoms with van der Waals surface area (Å²) in [6.45, 7) is 3.71. The van der Waals surface area contributed by atoms with Gasteiger partial charge in [-0.25, -0.2) is 15.0 Å². The topological polar surface area (TPSA) is 77.4 Å². The number of benzene rings is 1. The minimum absolute atomic E-state index is 0.0135. The summed E-state index contributed by atoms with van der Waals surface area (Å²) in [5.74, 6) is 2.08. The number of aryl methyl sites for hydroxylation is 1. The van der Waals surface area contributed by atoms with E-state index in [1.54, 1.807) is 18.5 Å². The van der Waals surface area contributed by atoms with E-state index in [-0.39, 0.29) is 11.9 Å². The molecule has 5 rings (SSSR count). The Bertz CT molecular complexity index is 1050. The summed E-state index contributed by atoms with van der Waals surface area (Å²) in [6.07, 6.45) is 5.26. The number of hydrogen-bond donors (Lipinski definition) is 0. The van der Waals surface area contributed by atoms with Crippen LogP contribution in [-0.2, 0) is 0 Å². The van der Waals surface area contributed by atoms with Gasteiger partial charge in [0.2, 0.25) is 0 Å². The highest BCUT2D eigenvalue weighted by molar-refractivity contribution is 7.17. The average molecular weight is 408 g/mol. The number of aromatic nitrogens is 3. The Morgan fingerprint density at radius 3 is 2.79 bits per heavy atom. The van der Waals surface area contributed by atoms with E-state index in [4.69, 9.17) is 9.47 Å². The van der Waals surface area contributed by atoms with E-state index in [1.807, 2.05) is 30.0 Å². The van der Waals surface area contributed by atoms with E-state index >= 15 is 0 Å². The van der Waals surface area contributed by atoms with Gasteiger partial charge in [-0.2, -0.15) is 0 Å². The molecule has 8 heteroatoms. The molecule has 1 unspecified atom stereocenters. The van der Waals surface area contributed by atoms with Gasteiger partial charge in [0.15, 0.2) is 22.3 Å². The number of carbonyl (C=O) groups excluding carboxylic acids is 1. The van der Waals surface area contributed by atoms with Crippen molar-refractivity contribution in [3.05, 3.63) is 52.8 Å². The van der Waals surface area contributed by atoms with Crippen molar-refractivity contribution >= 4 is 17.2 Å². The normalized spacial score (nSPS) is 18.1. The zero-order chi connectivity index (χ0) is 19.8. The van der Waals surface area contributed by atoms with Crippen LogP contribution < -0.4 is 9.47 Å². The molecule has 2 aliphatic rings. The Hall–Kier alpha value is -3.00. The first-order valence-corrected chi connectivity index (χ1v) is 10.5. The summed E-state index contributed by atoms with van der Waals surface area (Å²) in [6, 6.07) is 7.77. The molecule has 3 aromatic rings. The Labute approximate surface area is 172 Å². The van der Waals surface area contributed by atoms with E-state index in [1.165, 1.54) is 11.3 Å². The molecule has 1 aromatic carbocycles. The summed E-state index contributed by atoms with van der Waals surface area (Å²) in [5.41, 5.74) is 1.80. The fourth-order valence-corrected chi connectivity index (χ4v) is 4.82. The predicted octanol–water partition coefficient (Wildman–Crippen LogP) is 3.66. The molecule has 0 saturated carbocycles. The minimum atomic E-state index is 0.0135. The van der Waals surface area contributed by atoms with E-state index in [0.29, 0.717) is 28.9 Å². The number of rotatable bonds is 3. The summed E-state index contributed by atoms with van der Waals surface area (Å²) in [4.78, 5) is 29.0. The molecule has 148 valence electrons. The predicted molar refractivity (Wildman–Crippen MR) is 108 cm³/mol. The lowest BCUT2D eigenvalue weighted by molar-refractivity contribution is 0.0739. The van der Waals surface area contributed by atoms with Gasteiger partial charge in [-0.05, 0) is 43.5 Å². The summed E-state index contributed by atoms with van der Waals surface area (Å²) < 4.78 is 11.3. The van der Waals surface area contributed by atoms with Gasteiger partial charge in [0, 0.05) is 18.9 Å². The molecule has 2 aromatic heterocycles. The third kappa shape index (κ3) is 3.33. The van der Waals surface area contributed by atoms with Crippen molar-refractivity contribution in [3.63, 3.8) is 0 Å². The molecule has 0 N–H and O–H groups in total. The number of hydrogen-bond acceptors (Lipinski definition) is 7. The summed E-state index contributed by atoms with van der Waals surface area (Å²) in [7, 11) is 0. The number of thiazole rings is 1. The maximum atomic E-state index is 13.4. The van der Waals surface area contributed by atoms with E-state index in [0.717, 1.165) is 42.1 Å². The van der Waals surface area contributed by atoms with Crippen molar-refractivity contribution in [2.24, 2.45) is 0 Å². The van der Waals surface area contributed by atoms with Gasteiger partial charge in [-0.1, -0.05) is 6.07 Å². The third-order valence-electron chi connectivity index (χ3n) is 5.21. The van der Waals surface area contributed by atoms with Crippen LogP contribution in [0.5, 0.6) is 11.5 Å². The van der Waals surface area contributed by atoms with Gasteiger partial charge in [-0.3, -0.25) is 4.79 Å². The molecule has 1 fully saturated rings. The second-order valence-corrected chi connectivity index (χ2v) is 8.06. The number of likely N-dealkylation sites (tertiary alicyclic amines) is 1. The molecule has 4 heterocycles. The zero-order valence-corrected chi connectivity index (χ0v) is 16.8. The van der Waals surface area contributed by atoms with Crippen molar-refractivity contribution < 1.29 is 14.3 Å². The van der Waals surface area contributed by atoms with Crippen molar-refractivity contribution in [2.45, 2.75) is 25.8 Å². The van der Waals surface area contributed by atoms with Crippen LogP contribution in [0.4, 0.5) is 0 Å². The van der Waals surface area contributed by atoms with Gasteiger partial charge < -0.3 is 14.4 Å². The van der Waals surface area contributed by atoms with Crippen molar-refractivity contribution in [1.29, 1.82) is 0 Å². The average Bonchev–Trinajstić information content (AvgIpc) is 3.41. The van der Waals surface area contributed by atoms with Crippen LogP contribution in [-0.4, -0.2) is 45.5 Å². The van der Waals surface area contributed by atoms with Crippen LogP contribution in [0.3, 0.4) is 0 Å². The van der Waals surface area contributed by atoms with Crippen LogP contribution in [0.25, 0.3) is 10.8 Å². The Morgan fingerprint density at radius 1 is 1.17 bits per heavy atom. The van der Waals surface area contributed by atoms with E-state index in [2.05, 4.69) is 15.0 Å². The van der Waals surface area contributed by atoms with Gasteiger partial charge in [-0.15, -0.1) is 11.3 Å². The molecule has 29 heavy (non-hydrogen) atoms. The van der Waals surface area contributed by atoms with Crippen LogP contribution in [0.15, 0.2) is 36.7 Å². The highest BCUT2D eigenvalue weighted by Gasteiger charge is 2.33. The fraction of sp³-hybridized carbons (Fsp3) is 0.333. The second kappa shape index (κ2) is 7.44. The van der Waals surface area contributed by atoms with E-state index in [9.17, 15) is 4.79 Å². The summed E-state index contributed by atoms with van der Waals surface area (Å²) >= 11 is 1.36. The van der Waals surface area contributed by atoms with Crippen LogP contribution in [0.2, 0.25) is 0 Å². The minimum Gasteiger partial charge on any atom is -0.486 e. The lowest BCUT2D eigenvalue weighted by atomic mass is 10.0. The molecular formula is C21H20N4O3S. The largest absolute Gasteiger partial charge is 0.486 e. The fourth-order valence-electron chi connectivity index (χ4n) is 3.85. The van der Waals surface area contributed by atoms with Crippen molar-refractivity contribution in [2.75, 3.05) is 19.8 Å². The standard InChI is InChI=1S/C21H20N4O3S/c1-13-18(29-20(24-13)19-22-7-3-8-23-19)21(26)25-9-2-4-15(25)14-5-6-16-17(12-14)28-11-10-27-16/h3,5-8,12,15H,2,4,9-11H2,1H3. The highest BCUT2D eigenvalue weighted by Crippen LogP contribution is 2.39. The molecule has 0 bridgehead atoms. The first-order valence-electron chi connectivity index (χ1n) is 9.66. The number of fused-ring (bicyclic) bond motifs is 1. The molecule has 0 aliphatic carbocycles. The van der Waals surface area contributed by atoms with Crippen LogP contribution in [0, 0.1) is 6.92 Å². The smallest absolute Gasteiger partial charge is 0.266 e. The number of carbonyl (C=O) groups is 1. The molecule has 2 aliphatic heterocycles. The highest BCUT2D eigenvalue weighted by atomic mass is 32.1. The van der Waals surface area contributed by atoms with Gasteiger partial charge in [0.05, 0.1) is 11.7 Å². The van der Waals surface area contributed by atoms with Gasteiger partial charge >= 0.3 is 0 Å². The molecule has 1 amide bonds. The summed E-state index contributed by atoms with van der Waals surface area (Å²) in [5, 5.41) is 0.668. The monoisotopic (exact) mass is 408 g/mol. The first-order chi connectivity index (χ1) is 14.2. The molecular weight excluding hydrogens is 388 g/mol. The molecule has 1 saturated heterocycles. The quantitative estimate of drug-likeness (QED) is 0.658. The van der Waals surface area contributed by atoms with Crippen molar-refractivity contribution in [1.82, 2.24) is 19.9 Å². The molecule has 1 atom stereocenters. The van der Waals surface area contributed by atoms with Gasteiger partial charge in [0.25, 0.3) is 5.91 Å². The molecule has 0 radical (unpaired) electrons. The SMILES string of the molecule is Cc1nc(-c2ncccn2)sc1C(=O)N1CCCC1c1ccc2c(c1)OCCO2. The first kappa shape index (κ1) is 18.1. The van der Waals surface area contributed by atoms with E-state index < -0.39 is 0 Å².